The minimum atomic E-state index is -4.80. The van der Waals surface area contributed by atoms with Crippen LogP contribution in [0.1, 0.15) is 0 Å². The SMILES string of the molecule is FC(F)(F)Oc1ccc(-c2cc(-c3ccccc3)cc(-c3ccc(OC(F)(F)F)cc3)n2)cc1. The summed E-state index contributed by atoms with van der Waals surface area (Å²) >= 11 is 0. The molecular weight excluding hydrogens is 460 g/mol. The Balaban J connectivity index is 1.73. The second-order valence-electron chi connectivity index (χ2n) is 7.14. The molecule has 0 aliphatic rings. The molecule has 0 aliphatic carbocycles. The van der Waals surface area contributed by atoms with Gasteiger partial charge in [-0.25, -0.2) is 4.98 Å². The molecule has 3 nitrogen and oxygen atoms in total. The quantitative estimate of drug-likeness (QED) is 0.275. The van der Waals surface area contributed by atoms with Crippen molar-refractivity contribution in [2.75, 3.05) is 0 Å². The van der Waals surface area contributed by atoms with Gasteiger partial charge in [0.2, 0.25) is 0 Å². The van der Waals surface area contributed by atoms with Gasteiger partial charge in [-0.2, -0.15) is 0 Å². The summed E-state index contributed by atoms with van der Waals surface area (Å²) in [5, 5.41) is 0. The first-order chi connectivity index (χ1) is 16.1. The van der Waals surface area contributed by atoms with Crippen LogP contribution in [0.25, 0.3) is 33.6 Å². The second kappa shape index (κ2) is 9.09. The van der Waals surface area contributed by atoms with Crippen LogP contribution in [0.15, 0.2) is 91.0 Å². The Morgan fingerprint density at radius 1 is 0.471 bits per heavy atom. The van der Waals surface area contributed by atoms with E-state index in [1.807, 2.05) is 30.3 Å². The highest BCUT2D eigenvalue weighted by Crippen LogP contribution is 2.33. The second-order valence-corrected chi connectivity index (χ2v) is 7.14. The van der Waals surface area contributed by atoms with E-state index in [1.165, 1.54) is 48.5 Å². The maximum Gasteiger partial charge on any atom is 0.573 e. The molecule has 4 rings (SSSR count). The summed E-state index contributed by atoms with van der Waals surface area (Å²) in [6.45, 7) is 0. The number of alkyl halides is 6. The lowest BCUT2D eigenvalue weighted by atomic mass is 10.00. The van der Waals surface area contributed by atoms with Crippen molar-refractivity contribution in [1.29, 1.82) is 0 Å². The largest absolute Gasteiger partial charge is 0.573 e. The van der Waals surface area contributed by atoms with Gasteiger partial charge in [-0.3, -0.25) is 0 Å². The van der Waals surface area contributed by atoms with Crippen molar-refractivity contribution in [3.05, 3.63) is 91.0 Å². The van der Waals surface area contributed by atoms with Crippen LogP contribution in [0, 0.1) is 0 Å². The van der Waals surface area contributed by atoms with E-state index in [2.05, 4.69) is 14.5 Å². The lowest BCUT2D eigenvalue weighted by Gasteiger charge is -2.12. The van der Waals surface area contributed by atoms with Crippen molar-refractivity contribution in [1.82, 2.24) is 4.98 Å². The summed E-state index contributed by atoms with van der Waals surface area (Å²) in [6, 6.07) is 23.4. The highest BCUT2D eigenvalue weighted by molar-refractivity contribution is 5.76. The van der Waals surface area contributed by atoms with Gasteiger partial charge in [0.15, 0.2) is 0 Å². The van der Waals surface area contributed by atoms with Gasteiger partial charge < -0.3 is 9.47 Å². The number of hydrogen-bond acceptors (Lipinski definition) is 3. The number of pyridine rings is 1. The van der Waals surface area contributed by atoms with Crippen molar-refractivity contribution in [2.45, 2.75) is 12.7 Å². The van der Waals surface area contributed by atoms with Gasteiger partial charge in [0.25, 0.3) is 0 Å². The molecule has 1 heterocycles. The molecule has 0 spiro atoms. The van der Waals surface area contributed by atoms with Gasteiger partial charge >= 0.3 is 12.7 Å². The molecule has 0 bridgehead atoms. The maximum absolute atomic E-state index is 12.5. The molecule has 0 N–H and O–H groups in total. The third-order valence-corrected chi connectivity index (χ3v) is 4.70. The van der Waals surface area contributed by atoms with E-state index in [0.29, 0.717) is 22.5 Å². The molecule has 9 heteroatoms. The molecule has 174 valence electrons. The third kappa shape index (κ3) is 6.06. The summed E-state index contributed by atoms with van der Waals surface area (Å²) in [6.07, 6.45) is -9.61. The molecule has 0 atom stereocenters. The smallest absolute Gasteiger partial charge is 0.406 e. The fourth-order valence-corrected chi connectivity index (χ4v) is 3.28. The predicted octanol–water partition coefficient (Wildman–Crippen LogP) is 7.88. The predicted molar refractivity (Wildman–Crippen MR) is 114 cm³/mol. The van der Waals surface area contributed by atoms with Crippen LogP contribution in [0.4, 0.5) is 26.3 Å². The van der Waals surface area contributed by atoms with Gasteiger partial charge in [0.05, 0.1) is 11.4 Å². The zero-order valence-corrected chi connectivity index (χ0v) is 17.2. The monoisotopic (exact) mass is 475 g/mol. The van der Waals surface area contributed by atoms with Crippen molar-refractivity contribution < 1.29 is 35.8 Å². The Kier molecular flexibility index (Phi) is 6.19. The van der Waals surface area contributed by atoms with Crippen molar-refractivity contribution >= 4 is 0 Å². The molecule has 0 saturated carbocycles. The highest BCUT2D eigenvalue weighted by Gasteiger charge is 2.31. The van der Waals surface area contributed by atoms with Gasteiger partial charge in [-0.15, -0.1) is 26.3 Å². The molecule has 3 aromatic carbocycles. The molecular formula is C25H15F6NO2. The number of nitrogens with zero attached hydrogens (tertiary/aromatic N) is 1. The molecule has 4 aromatic rings. The number of benzene rings is 3. The fourth-order valence-electron chi connectivity index (χ4n) is 3.28. The van der Waals surface area contributed by atoms with Crippen molar-refractivity contribution in [3.8, 4) is 45.1 Å². The van der Waals surface area contributed by atoms with Crippen LogP contribution >= 0.6 is 0 Å². The van der Waals surface area contributed by atoms with E-state index in [9.17, 15) is 26.3 Å². The lowest BCUT2D eigenvalue weighted by molar-refractivity contribution is -0.275. The van der Waals surface area contributed by atoms with E-state index in [1.54, 1.807) is 12.1 Å². The van der Waals surface area contributed by atoms with Crippen LogP contribution in [-0.4, -0.2) is 17.7 Å². The number of halogens is 6. The Morgan fingerprint density at radius 2 is 0.882 bits per heavy atom. The van der Waals surface area contributed by atoms with Gasteiger partial charge in [-0.1, -0.05) is 30.3 Å². The van der Waals surface area contributed by atoms with Crippen LogP contribution < -0.4 is 9.47 Å². The average Bonchev–Trinajstić information content (AvgIpc) is 2.78. The summed E-state index contributed by atoms with van der Waals surface area (Å²) in [5.41, 5.74) is 3.63. The summed E-state index contributed by atoms with van der Waals surface area (Å²) in [4.78, 5) is 4.58. The average molecular weight is 475 g/mol. The van der Waals surface area contributed by atoms with Crippen molar-refractivity contribution in [2.24, 2.45) is 0 Å². The van der Waals surface area contributed by atoms with Gasteiger partial charge in [0, 0.05) is 11.1 Å². The molecule has 34 heavy (non-hydrogen) atoms. The van der Waals surface area contributed by atoms with Crippen molar-refractivity contribution in [3.63, 3.8) is 0 Å². The third-order valence-electron chi connectivity index (χ3n) is 4.70. The van der Waals surface area contributed by atoms with Gasteiger partial charge in [-0.05, 0) is 71.8 Å². The minimum absolute atomic E-state index is 0.365. The first-order valence-electron chi connectivity index (χ1n) is 9.86. The summed E-state index contributed by atoms with van der Waals surface area (Å²) in [7, 11) is 0. The zero-order valence-electron chi connectivity index (χ0n) is 17.2. The molecule has 1 aromatic heterocycles. The Labute approximate surface area is 190 Å². The molecule has 0 radical (unpaired) electrons. The highest BCUT2D eigenvalue weighted by atomic mass is 19.4. The lowest BCUT2D eigenvalue weighted by Crippen LogP contribution is -2.16. The van der Waals surface area contributed by atoms with Crippen LogP contribution in [-0.2, 0) is 0 Å². The molecule has 0 aliphatic heterocycles. The van der Waals surface area contributed by atoms with Gasteiger partial charge in [0.1, 0.15) is 11.5 Å². The van der Waals surface area contributed by atoms with E-state index < -0.39 is 12.7 Å². The Hall–Kier alpha value is -4.01. The number of aromatic nitrogens is 1. The first kappa shape index (κ1) is 23.2. The fraction of sp³-hybridized carbons (Fsp3) is 0.0800. The normalized spacial score (nSPS) is 11.8. The summed E-state index contributed by atoms with van der Waals surface area (Å²) < 4.78 is 82.6. The van der Waals surface area contributed by atoms with E-state index in [0.717, 1.165) is 11.1 Å². The van der Waals surface area contributed by atoms with E-state index >= 15 is 0 Å². The maximum atomic E-state index is 12.5. The number of hydrogen-bond donors (Lipinski definition) is 0. The van der Waals surface area contributed by atoms with E-state index in [-0.39, 0.29) is 11.5 Å². The van der Waals surface area contributed by atoms with Crippen LogP contribution in [0.2, 0.25) is 0 Å². The number of ether oxygens (including phenoxy) is 2. The molecule has 0 amide bonds. The van der Waals surface area contributed by atoms with Crippen LogP contribution in [0.3, 0.4) is 0 Å². The first-order valence-corrected chi connectivity index (χ1v) is 9.86. The number of rotatable bonds is 5. The Bertz CT molecular complexity index is 1170. The Morgan fingerprint density at radius 3 is 1.26 bits per heavy atom. The topological polar surface area (TPSA) is 31.4 Å². The molecule has 0 unspecified atom stereocenters. The van der Waals surface area contributed by atoms with E-state index in [4.69, 9.17) is 0 Å². The van der Waals surface area contributed by atoms with Crippen LogP contribution in [0.5, 0.6) is 11.5 Å². The molecule has 0 fully saturated rings. The summed E-state index contributed by atoms with van der Waals surface area (Å²) in [5.74, 6) is -0.730. The zero-order chi connectivity index (χ0) is 24.3. The minimum Gasteiger partial charge on any atom is -0.406 e. The molecule has 0 saturated heterocycles. The standard InChI is InChI=1S/C25H15F6NO2/c26-24(27,28)33-20-10-6-17(7-11-20)22-14-19(16-4-2-1-3-5-16)15-23(32-22)18-8-12-21(13-9-18)34-25(29,30)31/h1-15H.